The Bertz CT molecular complexity index is 96.7. The van der Waals surface area contributed by atoms with Gasteiger partial charge < -0.3 is 4.74 Å². The Morgan fingerprint density at radius 3 is 2.88 bits per heavy atom. The molecule has 0 aromatic carbocycles. The number of epoxide rings is 1. The van der Waals surface area contributed by atoms with E-state index < -0.39 is 0 Å². The van der Waals surface area contributed by atoms with Crippen molar-refractivity contribution in [2.75, 3.05) is 6.61 Å². The van der Waals surface area contributed by atoms with Gasteiger partial charge >= 0.3 is 0 Å². The first-order valence-corrected chi connectivity index (χ1v) is 3.53. The summed E-state index contributed by atoms with van der Waals surface area (Å²) in [7, 11) is 0. The zero-order valence-electron chi connectivity index (χ0n) is 4.69. The minimum absolute atomic E-state index is 0.546. The largest absolute Gasteiger partial charge is 0.373 e. The lowest BCUT2D eigenvalue weighted by Crippen LogP contribution is -1.82. The average Bonchev–Trinajstić information content (AvgIpc) is 2.41. The summed E-state index contributed by atoms with van der Waals surface area (Å²) in [5.41, 5.74) is 0. The number of allylic oxidation sites excluding steroid dienone is 1. The maximum absolute atomic E-state index is 5.00. The van der Waals surface area contributed by atoms with Gasteiger partial charge in [0.25, 0.3) is 0 Å². The highest BCUT2D eigenvalue weighted by molar-refractivity contribution is 9.11. The molecule has 0 aromatic heterocycles. The third kappa shape index (κ3) is 2.48. The molecule has 0 bridgehead atoms. The second-order valence-corrected chi connectivity index (χ2v) is 3.13. The van der Waals surface area contributed by atoms with Crippen molar-refractivity contribution in [2.45, 2.75) is 18.9 Å². The van der Waals surface area contributed by atoms with Crippen LogP contribution in [0.1, 0.15) is 12.8 Å². The van der Waals surface area contributed by atoms with Gasteiger partial charge in [0.1, 0.15) is 0 Å². The monoisotopic (exact) mass is 176 g/mol. The first kappa shape index (κ1) is 6.30. The summed E-state index contributed by atoms with van der Waals surface area (Å²) in [5.74, 6) is 0. The first-order chi connectivity index (χ1) is 3.79. The molecule has 0 amide bonds. The summed E-state index contributed by atoms with van der Waals surface area (Å²) in [4.78, 5) is 0. The molecule has 1 aliphatic heterocycles. The van der Waals surface area contributed by atoms with Crippen molar-refractivity contribution in [1.29, 1.82) is 0 Å². The van der Waals surface area contributed by atoms with Gasteiger partial charge in [0.15, 0.2) is 0 Å². The summed E-state index contributed by atoms with van der Waals surface area (Å²) in [5, 5.41) is 0. The van der Waals surface area contributed by atoms with Crippen molar-refractivity contribution in [3.8, 4) is 0 Å². The van der Waals surface area contributed by atoms with Crippen LogP contribution in [0, 0.1) is 0 Å². The zero-order valence-corrected chi connectivity index (χ0v) is 6.28. The van der Waals surface area contributed by atoms with Crippen molar-refractivity contribution >= 4 is 15.9 Å². The summed E-state index contributed by atoms with van der Waals surface area (Å²) in [6.07, 6.45) is 2.72. The summed E-state index contributed by atoms with van der Waals surface area (Å²) >= 11 is 3.28. The number of hydrogen-bond donors (Lipinski definition) is 0. The van der Waals surface area contributed by atoms with E-state index in [-0.39, 0.29) is 0 Å². The summed E-state index contributed by atoms with van der Waals surface area (Å²) in [6.45, 7) is 4.67. The molecular formula is C6H9BrO. The molecule has 1 fully saturated rings. The molecule has 8 heavy (non-hydrogen) atoms. The van der Waals surface area contributed by atoms with E-state index >= 15 is 0 Å². The van der Waals surface area contributed by atoms with Gasteiger partial charge in [-0.1, -0.05) is 22.5 Å². The van der Waals surface area contributed by atoms with Crippen LogP contribution in [0.3, 0.4) is 0 Å². The van der Waals surface area contributed by atoms with E-state index in [0.29, 0.717) is 6.10 Å². The number of ether oxygens (including phenoxy) is 1. The quantitative estimate of drug-likeness (QED) is 0.601. The van der Waals surface area contributed by atoms with Crippen LogP contribution >= 0.6 is 15.9 Å². The second kappa shape index (κ2) is 2.65. The fourth-order valence-electron chi connectivity index (χ4n) is 0.552. The van der Waals surface area contributed by atoms with E-state index in [1.807, 2.05) is 0 Å². The maximum Gasteiger partial charge on any atom is 0.0813 e. The molecule has 1 saturated heterocycles. The van der Waals surface area contributed by atoms with Crippen molar-refractivity contribution in [3.63, 3.8) is 0 Å². The molecule has 1 rings (SSSR count). The van der Waals surface area contributed by atoms with Crippen LogP contribution in [0.15, 0.2) is 11.1 Å². The second-order valence-electron chi connectivity index (χ2n) is 2.01. The Morgan fingerprint density at radius 2 is 2.50 bits per heavy atom. The van der Waals surface area contributed by atoms with E-state index in [4.69, 9.17) is 4.74 Å². The van der Waals surface area contributed by atoms with Crippen LogP contribution in [0.5, 0.6) is 0 Å². The Morgan fingerprint density at radius 1 is 1.88 bits per heavy atom. The first-order valence-electron chi connectivity index (χ1n) is 2.74. The molecule has 0 aliphatic carbocycles. The van der Waals surface area contributed by atoms with E-state index in [1.54, 1.807) is 0 Å². The molecule has 0 aromatic rings. The SMILES string of the molecule is C=C(Br)CCC1CO1. The Kier molecular flexibility index (Phi) is 2.08. The van der Waals surface area contributed by atoms with Gasteiger partial charge in [0.2, 0.25) is 0 Å². The molecule has 1 atom stereocenters. The molecular weight excluding hydrogens is 168 g/mol. The topological polar surface area (TPSA) is 12.5 Å². The third-order valence-electron chi connectivity index (χ3n) is 1.14. The maximum atomic E-state index is 5.00. The van der Waals surface area contributed by atoms with E-state index in [0.717, 1.165) is 23.9 Å². The number of halogens is 1. The fraction of sp³-hybridized carbons (Fsp3) is 0.667. The Balaban J connectivity index is 1.95. The number of rotatable bonds is 3. The smallest absolute Gasteiger partial charge is 0.0813 e. The molecule has 1 nitrogen and oxygen atoms in total. The summed E-state index contributed by atoms with van der Waals surface area (Å²) < 4.78 is 6.07. The van der Waals surface area contributed by atoms with Gasteiger partial charge in [-0.05, 0) is 17.3 Å². The molecule has 1 unspecified atom stereocenters. The normalized spacial score (nSPS) is 25.4. The van der Waals surface area contributed by atoms with Crippen LogP contribution in [0.4, 0.5) is 0 Å². The molecule has 2 heteroatoms. The highest BCUT2D eigenvalue weighted by Gasteiger charge is 2.21. The predicted octanol–water partition coefficient (Wildman–Crippen LogP) is 2.07. The predicted molar refractivity (Wildman–Crippen MR) is 37.0 cm³/mol. The van der Waals surface area contributed by atoms with Crippen molar-refractivity contribution in [2.24, 2.45) is 0 Å². The number of hydrogen-bond acceptors (Lipinski definition) is 1. The standard InChI is InChI=1S/C6H9BrO/c1-5(7)2-3-6-4-8-6/h6H,1-4H2. The van der Waals surface area contributed by atoms with E-state index in [9.17, 15) is 0 Å². The molecule has 0 N–H and O–H groups in total. The third-order valence-corrected chi connectivity index (χ3v) is 1.54. The zero-order chi connectivity index (χ0) is 5.98. The van der Waals surface area contributed by atoms with Crippen LogP contribution in [0.2, 0.25) is 0 Å². The van der Waals surface area contributed by atoms with Crippen LogP contribution < -0.4 is 0 Å². The van der Waals surface area contributed by atoms with Crippen LogP contribution in [-0.2, 0) is 4.74 Å². The lowest BCUT2D eigenvalue weighted by molar-refractivity contribution is 0.398. The van der Waals surface area contributed by atoms with Gasteiger partial charge in [0, 0.05) is 0 Å². The van der Waals surface area contributed by atoms with Gasteiger partial charge in [-0.2, -0.15) is 0 Å². The Hall–Kier alpha value is 0.180. The van der Waals surface area contributed by atoms with Crippen molar-refractivity contribution in [3.05, 3.63) is 11.1 Å². The van der Waals surface area contributed by atoms with E-state index in [2.05, 4.69) is 22.5 Å². The van der Waals surface area contributed by atoms with Crippen molar-refractivity contribution in [1.82, 2.24) is 0 Å². The average molecular weight is 177 g/mol. The fourth-order valence-corrected chi connectivity index (χ4v) is 0.781. The highest BCUT2D eigenvalue weighted by atomic mass is 79.9. The molecule has 46 valence electrons. The lowest BCUT2D eigenvalue weighted by Gasteiger charge is -1.90. The van der Waals surface area contributed by atoms with Crippen LogP contribution in [0.25, 0.3) is 0 Å². The molecule has 0 saturated carbocycles. The molecule has 1 aliphatic rings. The molecule has 0 spiro atoms. The minimum atomic E-state index is 0.546. The highest BCUT2D eigenvalue weighted by Crippen LogP contribution is 2.19. The lowest BCUT2D eigenvalue weighted by atomic mass is 10.2. The molecule has 0 radical (unpaired) electrons. The minimum Gasteiger partial charge on any atom is -0.373 e. The van der Waals surface area contributed by atoms with Gasteiger partial charge in [0.05, 0.1) is 12.7 Å². The summed E-state index contributed by atoms with van der Waals surface area (Å²) in [6, 6.07) is 0. The van der Waals surface area contributed by atoms with Gasteiger partial charge in [-0.3, -0.25) is 0 Å². The van der Waals surface area contributed by atoms with Crippen molar-refractivity contribution < 1.29 is 4.74 Å². The van der Waals surface area contributed by atoms with Gasteiger partial charge in [-0.25, -0.2) is 0 Å². The van der Waals surface area contributed by atoms with Crippen LogP contribution in [-0.4, -0.2) is 12.7 Å². The van der Waals surface area contributed by atoms with Gasteiger partial charge in [-0.15, -0.1) is 0 Å². The molecule has 1 heterocycles. The van der Waals surface area contributed by atoms with E-state index in [1.165, 1.54) is 0 Å². The Labute approximate surface area is 57.8 Å².